The van der Waals surface area contributed by atoms with E-state index in [1.807, 2.05) is 30.4 Å². The van der Waals surface area contributed by atoms with Gasteiger partial charge in [0.2, 0.25) is 0 Å². The summed E-state index contributed by atoms with van der Waals surface area (Å²) in [6.45, 7) is 62.2. The first kappa shape index (κ1) is 70.6. The van der Waals surface area contributed by atoms with Crippen LogP contribution in [0.2, 0.25) is 72.5 Å². The molecule has 0 aliphatic heterocycles. The molecule has 1 aromatic carbocycles. The fourth-order valence-corrected chi connectivity index (χ4v) is 13.5. The summed E-state index contributed by atoms with van der Waals surface area (Å²) >= 11 is 0. The molecule has 12 heteroatoms. The van der Waals surface area contributed by atoms with Crippen LogP contribution in [-0.4, -0.2) is 82.0 Å². The quantitative estimate of drug-likeness (QED) is 0.0340. The molecule has 0 saturated carbocycles. The van der Waals surface area contributed by atoms with E-state index in [0.717, 1.165) is 24.2 Å². The molecule has 0 aliphatic rings. The molecule has 0 bridgehead atoms. The van der Waals surface area contributed by atoms with E-state index < -0.39 is 39.2 Å². The number of allylic oxidation sites excluding steroid dienone is 5. The van der Waals surface area contributed by atoms with Gasteiger partial charge in [0.25, 0.3) is 0 Å². The van der Waals surface area contributed by atoms with E-state index in [0.29, 0.717) is 13.0 Å². The summed E-state index contributed by atoms with van der Waals surface area (Å²) in [4.78, 5) is 11.3. The van der Waals surface area contributed by atoms with Gasteiger partial charge in [0, 0.05) is 24.3 Å². The molecule has 10 atom stereocenters. The summed E-state index contributed by atoms with van der Waals surface area (Å²) < 4.78 is 41.8. The third-order valence-electron chi connectivity index (χ3n) is 17.3. The van der Waals surface area contributed by atoms with Gasteiger partial charge in [0.1, 0.15) is 5.75 Å². The first-order valence-corrected chi connectivity index (χ1v) is 39.8. The van der Waals surface area contributed by atoms with Crippen molar-refractivity contribution >= 4 is 39.2 Å². The highest BCUT2D eigenvalue weighted by atomic mass is 28.4. The third kappa shape index (κ3) is 23.5. The molecule has 75 heavy (non-hydrogen) atoms. The van der Waals surface area contributed by atoms with Crippen molar-refractivity contribution in [3.63, 3.8) is 0 Å². The van der Waals surface area contributed by atoms with Crippen LogP contribution < -0.4 is 4.74 Å². The summed E-state index contributed by atoms with van der Waals surface area (Å²) in [5, 5.41) is 9.35. The lowest BCUT2D eigenvalue weighted by Gasteiger charge is -2.43. The van der Waals surface area contributed by atoms with Crippen LogP contribution in [-0.2, 0) is 33.8 Å². The van der Waals surface area contributed by atoms with E-state index in [9.17, 15) is 9.90 Å². The maximum absolute atomic E-state index is 11.3. The molecular weight excluding hydrogens is 997 g/mol. The standard InChI is InChI=1S/C63H114O8Si4/c1-28-29-34-49(4)59(67-46-52-40-43-53(66-19)44-41-52)51(6)55(69-73(22,23)61(10,11)12)37-32-30-36-48(3)58(71-75(26,27)63(16,17)18)50(5)39-42-54(68-72(20,21)60(7,8)9)45-56(70-74(24,25)62(13,14)15)47(2)35-31-33-38-57(64)65/h28-31,33-36,38-44,47-51,54-56,58-59H,1,32,37,45-46H2,2-27H3,(H,64,65)/b34-29-,35-31+,36-30-,38-33-,42-39-/t47-,48+,49+,50+,51+,54-,55-,56+,58-,59+/m1/s1. The van der Waals surface area contributed by atoms with Crippen LogP contribution in [0.4, 0.5) is 0 Å². The Morgan fingerprint density at radius 3 is 1.51 bits per heavy atom. The lowest BCUT2D eigenvalue weighted by molar-refractivity contribution is -0.131. The van der Waals surface area contributed by atoms with E-state index in [1.165, 1.54) is 6.08 Å². The predicted molar refractivity (Wildman–Crippen MR) is 333 cm³/mol. The molecule has 0 heterocycles. The number of aliphatic carboxylic acids is 1. The molecule has 0 radical (unpaired) electrons. The maximum Gasteiger partial charge on any atom is 0.328 e. The number of benzene rings is 1. The first-order valence-electron chi connectivity index (χ1n) is 28.2. The third-order valence-corrected chi connectivity index (χ3v) is 35.3. The molecule has 0 saturated heterocycles. The molecule has 0 fully saturated rings. The smallest absolute Gasteiger partial charge is 0.328 e. The number of ether oxygens (including phenoxy) is 2. The van der Waals surface area contributed by atoms with Gasteiger partial charge in [-0.1, -0.05) is 197 Å². The number of rotatable bonds is 31. The minimum absolute atomic E-state index is 0.000551. The van der Waals surface area contributed by atoms with E-state index in [4.69, 9.17) is 27.2 Å². The van der Waals surface area contributed by atoms with Crippen LogP contribution in [0.25, 0.3) is 0 Å². The highest BCUT2D eigenvalue weighted by Gasteiger charge is 2.45. The van der Waals surface area contributed by atoms with Crippen LogP contribution in [0, 0.1) is 29.6 Å². The topological polar surface area (TPSA) is 92.7 Å². The monoisotopic (exact) mass is 1110 g/mol. The molecule has 0 aromatic heterocycles. The SMILES string of the molecule is C=C/C=C\[C@H](C)[C@H](OCc1ccc(OC)cc1)[C@@H](C)[C@@H](CC/C=C\[C@H](C)[C@@H](O[Si](C)(C)C(C)(C)C)[C@@H](C)/C=C\[C@H](C[C@H](O[Si](C)(C)C(C)(C)C)[C@H](C)/C=C/C=C\C(=O)O)O[Si](C)(C)C(C)(C)C)O[Si](C)(C)C(C)(C)C. The van der Waals surface area contributed by atoms with Gasteiger partial charge in [-0.3, -0.25) is 0 Å². The van der Waals surface area contributed by atoms with Crippen molar-refractivity contribution in [2.75, 3.05) is 7.11 Å². The average molecular weight is 1110 g/mol. The fourth-order valence-electron chi connectivity index (χ4n) is 7.93. The Hall–Kier alpha value is -2.40. The van der Waals surface area contributed by atoms with Crippen LogP contribution in [0.5, 0.6) is 5.75 Å². The summed E-state index contributed by atoms with van der Waals surface area (Å²) in [6, 6.07) is 8.14. The Bertz CT molecular complexity index is 2010. The van der Waals surface area contributed by atoms with Crippen LogP contribution >= 0.6 is 0 Å². The van der Waals surface area contributed by atoms with E-state index in [-0.39, 0.29) is 80.3 Å². The molecule has 1 rings (SSSR count). The second-order valence-electron chi connectivity index (χ2n) is 27.8. The molecular formula is C63H114O8Si4. The van der Waals surface area contributed by atoms with Gasteiger partial charge in [-0.05, 0) is 121 Å². The molecule has 1 N–H and O–H groups in total. The number of carbonyl (C=O) groups is 1. The van der Waals surface area contributed by atoms with Gasteiger partial charge in [-0.15, -0.1) is 0 Å². The minimum atomic E-state index is -2.25. The van der Waals surface area contributed by atoms with Gasteiger partial charge in [0.05, 0.1) is 44.2 Å². The van der Waals surface area contributed by atoms with Crippen LogP contribution in [0.15, 0.2) is 97.7 Å². The zero-order valence-corrected chi connectivity index (χ0v) is 56.8. The summed E-state index contributed by atoms with van der Waals surface area (Å²) in [7, 11) is -7.19. The highest BCUT2D eigenvalue weighted by Crippen LogP contribution is 2.44. The van der Waals surface area contributed by atoms with E-state index >= 15 is 0 Å². The molecule has 0 amide bonds. The van der Waals surface area contributed by atoms with Crippen molar-refractivity contribution in [3.8, 4) is 5.75 Å². The van der Waals surface area contributed by atoms with E-state index in [1.54, 1.807) is 13.2 Å². The summed E-state index contributed by atoms with van der Waals surface area (Å²) in [5.41, 5.74) is 1.11. The number of carboxylic acids is 1. The number of carboxylic acid groups (broad SMARTS) is 1. The van der Waals surface area contributed by atoms with Crippen molar-refractivity contribution in [3.05, 3.63) is 103 Å². The van der Waals surface area contributed by atoms with Gasteiger partial charge in [0.15, 0.2) is 33.3 Å². The minimum Gasteiger partial charge on any atom is -0.497 e. The second-order valence-corrected chi connectivity index (χ2v) is 46.9. The molecule has 0 spiro atoms. The molecule has 1 aromatic rings. The Labute approximate surface area is 466 Å². The lowest BCUT2D eigenvalue weighted by Crippen LogP contribution is -2.48. The number of hydrogen-bond donors (Lipinski definition) is 1. The number of methoxy groups -OCH3 is 1. The van der Waals surface area contributed by atoms with Crippen molar-refractivity contribution in [1.29, 1.82) is 0 Å². The molecule has 0 unspecified atom stereocenters. The van der Waals surface area contributed by atoms with E-state index in [2.05, 4.69) is 225 Å². The van der Waals surface area contributed by atoms with Crippen molar-refractivity contribution < 1.29 is 37.1 Å². The lowest BCUT2D eigenvalue weighted by atomic mass is 9.86. The second kappa shape index (κ2) is 29.7. The Kier molecular flexibility index (Phi) is 28.0. The van der Waals surface area contributed by atoms with Crippen LogP contribution in [0.1, 0.15) is 143 Å². The highest BCUT2D eigenvalue weighted by molar-refractivity contribution is 6.75. The molecule has 430 valence electrons. The molecule has 8 nitrogen and oxygen atoms in total. The van der Waals surface area contributed by atoms with Crippen molar-refractivity contribution in [2.24, 2.45) is 29.6 Å². The van der Waals surface area contributed by atoms with Gasteiger partial charge in [-0.2, -0.15) is 0 Å². The Morgan fingerprint density at radius 2 is 1.03 bits per heavy atom. The predicted octanol–water partition coefficient (Wildman–Crippen LogP) is 18.5. The number of hydrogen-bond acceptors (Lipinski definition) is 7. The zero-order chi connectivity index (χ0) is 58.2. The summed E-state index contributed by atoms with van der Waals surface area (Å²) in [6.07, 6.45) is 24.1. The zero-order valence-electron chi connectivity index (χ0n) is 52.8. The van der Waals surface area contributed by atoms with Crippen molar-refractivity contribution in [1.82, 2.24) is 0 Å². The Balaban J connectivity index is 3.85. The average Bonchev–Trinajstić information content (AvgIpc) is 3.26. The van der Waals surface area contributed by atoms with Crippen molar-refractivity contribution in [2.45, 2.75) is 247 Å². The maximum atomic E-state index is 11.3. The normalized spacial score (nSPS) is 18.4. The van der Waals surface area contributed by atoms with Gasteiger partial charge in [-0.25, -0.2) is 4.79 Å². The fraction of sp³-hybridized carbons (Fsp3) is 0.698. The van der Waals surface area contributed by atoms with Gasteiger partial charge >= 0.3 is 5.97 Å². The summed E-state index contributed by atoms with van der Waals surface area (Å²) in [5.74, 6) is 0.320. The largest absolute Gasteiger partial charge is 0.497 e. The van der Waals surface area contributed by atoms with Crippen LogP contribution in [0.3, 0.4) is 0 Å². The first-order chi connectivity index (χ1) is 34.0. The van der Waals surface area contributed by atoms with Gasteiger partial charge < -0.3 is 32.3 Å². The molecule has 0 aliphatic carbocycles. The Morgan fingerprint density at radius 1 is 0.573 bits per heavy atom.